The van der Waals surface area contributed by atoms with Gasteiger partial charge in [-0.2, -0.15) is 0 Å². The fourth-order valence-electron chi connectivity index (χ4n) is 6.61. The van der Waals surface area contributed by atoms with Crippen molar-refractivity contribution in [1.29, 1.82) is 0 Å². The molecule has 11 nitrogen and oxygen atoms in total. The molecule has 0 heterocycles. The second-order valence-corrected chi connectivity index (χ2v) is 19.1. The Bertz CT molecular complexity index is 1800. The highest BCUT2D eigenvalue weighted by Gasteiger charge is 2.28. The van der Waals surface area contributed by atoms with Gasteiger partial charge in [-0.05, 0) is 116 Å². The number of carbonyl (C=O) groups excluding carboxylic acids is 3. The van der Waals surface area contributed by atoms with Gasteiger partial charge in [0.2, 0.25) is 0 Å². The van der Waals surface area contributed by atoms with E-state index >= 15 is 0 Å². The number of hydrogen-bond donors (Lipinski definition) is 2. The van der Waals surface area contributed by atoms with E-state index in [0.717, 1.165) is 103 Å². The monoisotopic (exact) mass is 1050 g/mol. The molecular weight excluding hydrogens is 952 g/mol. The first-order valence-corrected chi connectivity index (χ1v) is 29.2. The third-order valence-electron chi connectivity index (χ3n) is 10.8. The zero-order valence-corrected chi connectivity index (χ0v) is 46.6. The van der Waals surface area contributed by atoms with Gasteiger partial charge in [-0.15, -0.1) is 0 Å². The van der Waals surface area contributed by atoms with E-state index in [2.05, 4.69) is 130 Å². The maximum atomic E-state index is 12.9. The topological polar surface area (TPSA) is 155 Å². The SMILES string of the molecule is CC/C=C\C/C=C\C/C=C\C/C=C\C/C=C\CCCC(=O)OC(COC(=O)CCCCCCC/C=C\C/C=C\CCCCC)COP(=O)(O)OCC(CO)OC(=O)C/C=C\C/C=C\C/C=C\C/C=C\C/C=C\CC. The Morgan fingerprint density at radius 3 is 1.23 bits per heavy atom. The summed E-state index contributed by atoms with van der Waals surface area (Å²) >= 11 is 0. The zero-order chi connectivity index (χ0) is 54.1. The molecule has 0 aromatic rings. The molecule has 0 saturated heterocycles. The largest absolute Gasteiger partial charge is 0.472 e. The molecule has 0 aliphatic rings. The summed E-state index contributed by atoms with van der Waals surface area (Å²) in [4.78, 5) is 48.4. The highest BCUT2D eigenvalue weighted by Crippen LogP contribution is 2.43. The van der Waals surface area contributed by atoms with Crippen molar-refractivity contribution < 1.29 is 52.2 Å². The second kappa shape index (κ2) is 54.6. The lowest BCUT2D eigenvalue weighted by atomic mass is 10.1. The number of esters is 3. The Kier molecular flexibility index (Phi) is 51.2. The van der Waals surface area contributed by atoms with Crippen molar-refractivity contribution >= 4 is 25.7 Å². The number of rotatable bonds is 49. The molecule has 0 bridgehead atoms. The lowest BCUT2D eigenvalue weighted by molar-refractivity contribution is -0.161. The van der Waals surface area contributed by atoms with E-state index in [9.17, 15) is 28.9 Å². The summed E-state index contributed by atoms with van der Waals surface area (Å²) in [6.45, 7) is 4.16. The van der Waals surface area contributed by atoms with Gasteiger partial charge in [0.25, 0.3) is 0 Å². The van der Waals surface area contributed by atoms with E-state index in [-0.39, 0.29) is 25.9 Å². The average molecular weight is 1050 g/mol. The van der Waals surface area contributed by atoms with Crippen LogP contribution in [0.2, 0.25) is 0 Å². The van der Waals surface area contributed by atoms with Crippen LogP contribution in [0.15, 0.2) is 146 Å². The van der Waals surface area contributed by atoms with Gasteiger partial charge in [-0.25, -0.2) is 4.57 Å². The molecule has 416 valence electrons. The van der Waals surface area contributed by atoms with Gasteiger partial charge in [-0.3, -0.25) is 23.4 Å². The smallest absolute Gasteiger partial charge is 0.462 e. The summed E-state index contributed by atoms with van der Waals surface area (Å²) in [5.74, 6) is -1.71. The van der Waals surface area contributed by atoms with Crippen LogP contribution in [-0.4, -0.2) is 66.5 Å². The summed E-state index contributed by atoms with van der Waals surface area (Å²) < 4.78 is 39.3. The number of ether oxygens (including phenoxy) is 3. The zero-order valence-electron chi connectivity index (χ0n) is 45.7. The minimum Gasteiger partial charge on any atom is -0.462 e. The van der Waals surface area contributed by atoms with Crippen molar-refractivity contribution in [3.8, 4) is 0 Å². The number of carbonyl (C=O) groups is 3. The first kappa shape index (κ1) is 69.4. The molecule has 12 heteroatoms. The maximum Gasteiger partial charge on any atom is 0.472 e. The molecule has 0 spiro atoms. The Morgan fingerprint density at radius 1 is 0.405 bits per heavy atom. The van der Waals surface area contributed by atoms with E-state index in [4.69, 9.17) is 23.3 Å². The summed E-state index contributed by atoms with van der Waals surface area (Å²) in [5.41, 5.74) is 0. The molecular formula is C62H97O11P. The van der Waals surface area contributed by atoms with Crippen LogP contribution in [-0.2, 0) is 42.2 Å². The Labute approximate surface area is 448 Å². The number of unbranched alkanes of at least 4 members (excludes halogenated alkanes) is 9. The molecule has 0 saturated carbocycles. The summed E-state index contributed by atoms with van der Waals surface area (Å²) in [5, 5.41) is 9.78. The van der Waals surface area contributed by atoms with Crippen LogP contribution in [0.3, 0.4) is 0 Å². The molecule has 0 aliphatic heterocycles. The highest BCUT2D eigenvalue weighted by molar-refractivity contribution is 7.47. The summed E-state index contributed by atoms with van der Waals surface area (Å²) in [6.07, 6.45) is 69.9. The summed E-state index contributed by atoms with van der Waals surface area (Å²) in [7, 11) is -4.80. The van der Waals surface area contributed by atoms with E-state index < -0.39 is 57.8 Å². The molecule has 0 amide bonds. The van der Waals surface area contributed by atoms with Crippen molar-refractivity contribution in [2.75, 3.05) is 26.4 Å². The van der Waals surface area contributed by atoms with Crippen LogP contribution in [0.4, 0.5) is 0 Å². The fourth-order valence-corrected chi connectivity index (χ4v) is 7.40. The molecule has 0 aromatic heterocycles. The molecule has 0 rings (SSSR count). The Hall–Kier alpha value is -4.64. The Balaban J connectivity index is 4.95. The predicted molar refractivity (Wildman–Crippen MR) is 306 cm³/mol. The normalized spacial score (nSPS) is 14.5. The molecule has 0 aliphatic carbocycles. The number of phosphoric ester groups is 1. The maximum absolute atomic E-state index is 12.9. The predicted octanol–water partition coefficient (Wildman–Crippen LogP) is 16.4. The third-order valence-corrected chi connectivity index (χ3v) is 11.7. The van der Waals surface area contributed by atoms with Crippen molar-refractivity contribution in [3.63, 3.8) is 0 Å². The molecule has 3 unspecified atom stereocenters. The van der Waals surface area contributed by atoms with Gasteiger partial charge in [0.15, 0.2) is 6.10 Å². The lowest BCUT2D eigenvalue weighted by Crippen LogP contribution is -2.30. The minimum absolute atomic E-state index is 0.0685. The van der Waals surface area contributed by atoms with Crippen molar-refractivity contribution in [1.82, 2.24) is 0 Å². The van der Waals surface area contributed by atoms with E-state index in [0.29, 0.717) is 25.7 Å². The van der Waals surface area contributed by atoms with Crippen LogP contribution < -0.4 is 0 Å². The standard InChI is InChI=1S/C62H97O11P/c1-4-7-10-13-16-19-22-25-28-29-32-35-38-41-44-47-50-53-62(66)73-59(55-69-60(64)51-48-45-42-39-36-33-30-26-23-20-17-14-11-8-5-2)57-71-74(67,68)70-56-58(54-63)72-61(65)52-49-46-43-40-37-34-31-27-24-21-18-15-12-9-6-3/h7,9-10,12,16-21,25-28,30-32,35,37,40-41,44,46,49,58-59,63H,4-6,8,11,13-15,22-24,29,33-34,36,38-39,42-43,45,47-48,50-57H2,1-3H3,(H,67,68)/b10-7-,12-9-,19-16-,20-17-,21-18-,28-25-,30-26-,31-27-,35-32-,40-37-,44-41-,49-46-. The third kappa shape index (κ3) is 52.2. The molecule has 0 fully saturated rings. The number of phosphoric acid groups is 1. The van der Waals surface area contributed by atoms with Gasteiger partial charge in [0.1, 0.15) is 12.7 Å². The lowest BCUT2D eigenvalue weighted by Gasteiger charge is -2.21. The van der Waals surface area contributed by atoms with Gasteiger partial charge in [0, 0.05) is 12.8 Å². The number of aliphatic hydroxyl groups excluding tert-OH is 1. The van der Waals surface area contributed by atoms with Gasteiger partial charge in [0.05, 0.1) is 26.2 Å². The quantitative estimate of drug-likeness (QED) is 0.0197. The molecule has 74 heavy (non-hydrogen) atoms. The number of aliphatic hydroxyl groups is 1. The van der Waals surface area contributed by atoms with Crippen LogP contribution in [0.1, 0.15) is 188 Å². The van der Waals surface area contributed by atoms with E-state index in [1.54, 1.807) is 6.08 Å². The molecule has 0 aromatic carbocycles. The van der Waals surface area contributed by atoms with Crippen molar-refractivity contribution in [3.05, 3.63) is 146 Å². The van der Waals surface area contributed by atoms with Crippen molar-refractivity contribution in [2.24, 2.45) is 0 Å². The van der Waals surface area contributed by atoms with Crippen LogP contribution >= 0.6 is 7.82 Å². The minimum atomic E-state index is -4.80. The van der Waals surface area contributed by atoms with Crippen molar-refractivity contribution in [2.45, 2.75) is 200 Å². The van der Waals surface area contributed by atoms with E-state index in [1.807, 2.05) is 30.4 Å². The molecule has 3 atom stereocenters. The van der Waals surface area contributed by atoms with Crippen LogP contribution in [0.25, 0.3) is 0 Å². The van der Waals surface area contributed by atoms with Gasteiger partial charge in [-0.1, -0.05) is 199 Å². The average Bonchev–Trinajstić information content (AvgIpc) is 3.39. The number of allylic oxidation sites excluding steroid dienone is 23. The van der Waals surface area contributed by atoms with Gasteiger partial charge >= 0.3 is 25.7 Å². The first-order chi connectivity index (χ1) is 36.2. The number of hydrogen-bond acceptors (Lipinski definition) is 10. The second-order valence-electron chi connectivity index (χ2n) is 17.6. The first-order valence-electron chi connectivity index (χ1n) is 27.7. The fraction of sp³-hybridized carbons (Fsp3) is 0.565. The summed E-state index contributed by atoms with van der Waals surface area (Å²) in [6, 6.07) is 0. The Morgan fingerprint density at radius 2 is 0.770 bits per heavy atom. The molecule has 2 N–H and O–H groups in total. The van der Waals surface area contributed by atoms with Crippen LogP contribution in [0.5, 0.6) is 0 Å². The highest BCUT2D eigenvalue weighted by atomic mass is 31.2. The van der Waals surface area contributed by atoms with Crippen LogP contribution in [0, 0.1) is 0 Å². The van der Waals surface area contributed by atoms with Gasteiger partial charge < -0.3 is 24.2 Å². The molecule has 0 radical (unpaired) electrons. The van der Waals surface area contributed by atoms with E-state index in [1.165, 1.54) is 19.3 Å².